The van der Waals surface area contributed by atoms with Gasteiger partial charge in [0.15, 0.2) is 23.5 Å². The van der Waals surface area contributed by atoms with Gasteiger partial charge < -0.3 is 40.2 Å². The predicted octanol–water partition coefficient (Wildman–Crippen LogP) is 2.69. The van der Waals surface area contributed by atoms with E-state index in [9.17, 15) is 52.6 Å². The van der Waals surface area contributed by atoms with Crippen LogP contribution in [-0.2, 0) is 73.8 Å². The van der Waals surface area contributed by atoms with Gasteiger partial charge >= 0.3 is 22.6 Å². The van der Waals surface area contributed by atoms with Crippen LogP contribution in [-0.4, -0.2) is 155 Å². The summed E-state index contributed by atoms with van der Waals surface area (Å²) >= 11 is 0. The maximum absolute atomic E-state index is 13.9. The van der Waals surface area contributed by atoms with Crippen LogP contribution in [0.15, 0.2) is 90.4 Å². The fourth-order valence-electron chi connectivity index (χ4n) is 9.30. The molecule has 9 rings (SSSR count). The number of aromatic amines is 1. The minimum Gasteiger partial charge on any atom is -0.474 e. The summed E-state index contributed by atoms with van der Waals surface area (Å²) in [6.45, 7) is 3.28. The lowest BCUT2D eigenvalue weighted by Crippen LogP contribution is -2.55. The Kier molecular flexibility index (Phi) is 18.8. The van der Waals surface area contributed by atoms with Crippen molar-refractivity contribution in [3.05, 3.63) is 113 Å². The number of aromatic nitrogens is 6. The number of carbonyl (C=O) groups is 7. The van der Waals surface area contributed by atoms with E-state index < -0.39 is 137 Å². The number of hydrogen-bond donors (Lipinski definition) is 6. The number of amides is 7. The Labute approximate surface area is 472 Å². The Morgan fingerprint density at radius 1 is 0.880 bits per heavy atom. The van der Waals surface area contributed by atoms with E-state index in [0.29, 0.717) is 29.1 Å². The number of rotatable bonds is 17. The second kappa shape index (κ2) is 26.3. The van der Waals surface area contributed by atoms with Gasteiger partial charge in [-0.3, -0.25) is 53.3 Å². The van der Waals surface area contributed by atoms with Crippen molar-refractivity contribution in [2.75, 3.05) is 37.4 Å². The number of nitrogens with one attached hydrogen (secondary N) is 5. The van der Waals surface area contributed by atoms with E-state index in [1.807, 2.05) is 0 Å². The van der Waals surface area contributed by atoms with Crippen molar-refractivity contribution in [3.63, 3.8) is 0 Å². The number of nitrogens with zero attached hydrogens (tertiary/aromatic N) is 7. The largest absolute Gasteiger partial charge is 0.697 e. The lowest BCUT2D eigenvalue weighted by molar-refractivity contribution is -0.141. The molecule has 2 bridgehead atoms. The van der Waals surface area contributed by atoms with Gasteiger partial charge in [0.1, 0.15) is 69.2 Å². The van der Waals surface area contributed by atoms with Crippen LogP contribution in [0.5, 0.6) is 5.88 Å². The normalized spacial score (nSPS) is 23.3. The number of H-pyrrole nitrogens is 1. The first-order valence-corrected chi connectivity index (χ1v) is 28.0. The van der Waals surface area contributed by atoms with Crippen molar-refractivity contribution in [2.24, 2.45) is 11.8 Å². The first-order valence-electron chi connectivity index (χ1n) is 25.9. The topological polar surface area (TPSA) is 382 Å². The number of aliphatic hydroxyl groups is 1. The van der Waals surface area contributed by atoms with Gasteiger partial charge in [-0.2, -0.15) is 4.98 Å². The third-order valence-electron chi connectivity index (χ3n) is 13.6. The molecule has 5 aromatic rings. The number of carbonyl (C=O) groups excluding carboxylic acids is 7. The molecule has 1 aliphatic carbocycles. The molecular formula is C51H56N12O18P2+2. The molecule has 2 saturated heterocycles. The summed E-state index contributed by atoms with van der Waals surface area (Å²) in [6, 6.07) is 12.1. The van der Waals surface area contributed by atoms with Crippen LogP contribution in [0, 0.1) is 11.8 Å². The molecular weight excluding hydrogens is 1130 g/mol. The number of aliphatic hydroxyl groups excluding tert-OH is 1. The maximum Gasteiger partial charge on any atom is 0.697 e. The first-order chi connectivity index (χ1) is 39.8. The van der Waals surface area contributed by atoms with Gasteiger partial charge in [-0.1, -0.05) is 44.2 Å². The predicted molar refractivity (Wildman–Crippen MR) is 285 cm³/mol. The maximum atomic E-state index is 13.9. The van der Waals surface area contributed by atoms with Crippen LogP contribution < -0.4 is 31.6 Å². The van der Waals surface area contributed by atoms with Crippen molar-refractivity contribution in [1.82, 2.24) is 49.9 Å². The monoisotopic (exact) mass is 1190 g/mol. The van der Waals surface area contributed by atoms with E-state index in [-0.39, 0.29) is 48.9 Å². The molecule has 436 valence electrons. The molecule has 32 heteroatoms. The summed E-state index contributed by atoms with van der Waals surface area (Å²) in [6.07, 6.45) is -0.748. The smallest absolute Gasteiger partial charge is 0.474 e. The second-order valence-corrected chi connectivity index (χ2v) is 21.7. The van der Waals surface area contributed by atoms with E-state index in [2.05, 4.69) is 46.2 Å². The quantitative estimate of drug-likeness (QED) is 0.0575. The number of fused-ring (bicyclic) bond motifs is 4. The second-order valence-electron chi connectivity index (χ2n) is 19.9. The third kappa shape index (κ3) is 14.5. The van der Waals surface area contributed by atoms with Gasteiger partial charge in [-0.15, -0.1) is 18.1 Å². The average molecular weight is 1190 g/mol. The summed E-state index contributed by atoms with van der Waals surface area (Å²) in [5.41, 5.74) is 0.252. The van der Waals surface area contributed by atoms with Crippen molar-refractivity contribution >= 4 is 80.8 Å². The van der Waals surface area contributed by atoms with Gasteiger partial charge in [0.25, 0.3) is 23.3 Å². The van der Waals surface area contributed by atoms with Crippen LogP contribution in [0.3, 0.4) is 0 Å². The number of imidazole rings is 1. The Morgan fingerprint density at radius 3 is 2.35 bits per heavy atom. The summed E-state index contributed by atoms with van der Waals surface area (Å²) in [7, 11) is -4.26. The molecule has 30 nitrogen and oxygen atoms in total. The third-order valence-corrected chi connectivity index (χ3v) is 15.2. The number of benzene rings is 2. The van der Waals surface area contributed by atoms with E-state index >= 15 is 0 Å². The zero-order valence-electron chi connectivity index (χ0n) is 44.7. The Bertz CT molecular complexity index is 3390. The van der Waals surface area contributed by atoms with Crippen molar-refractivity contribution < 1.29 is 80.1 Å². The van der Waals surface area contributed by atoms with E-state index in [1.54, 1.807) is 62.4 Å². The number of hydrogen-bond acceptors (Lipinski definition) is 22. The standard InChI is InChI=1S/C51H54N12O18P2/c1-26(2)40(57-36(64)20-62-38(65)13-14-39(62)66)47(70)55-27(3)45(68)56-31-11-9-28(10-12-31)21-75-51(72)61(4)19-29-7-5-6-8-33(29)46(69)59-50-58-44-41(48(71)60-50)54-25-63(44)49-43-42(67)35(79-49)23-77-82(73)80-34-18-32(78-37-15-16-52-24-53-37)17-30(34)22-76-83(74)81-43/h5-16,24-27,30,32,34-35,40,42-43,49,67H,17-23H2,1-4H3,(H3-2,55,56,57,58,59,60,64,68,69,70,71)/p+2/t27-,30+,32+,34-,35+,40-,42+,43+,49+/m0/s1. The number of anilines is 2. The lowest BCUT2D eigenvalue weighted by Gasteiger charge is -2.24. The molecule has 3 aromatic heterocycles. The first kappa shape index (κ1) is 59.3. The highest BCUT2D eigenvalue weighted by Crippen LogP contribution is 2.44. The Hall–Kier alpha value is -8.34. The molecule has 6 heterocycles. The number of imide groups is 1. The molecule has 11 atom stereocenters. The van der Waals surface area contributed by atoms with Crippen LogP contribution in [0.4, 0.5) is 16.4 Å². The van der Waals surface area contributed by atoms with Gasteiger partial charge in [0.2, 0.25) is 29.5 Å². The van der Waals surface area contributed by atoms with E-state index in [0.717, 1.165) is 17.1 Å². The molecule has 1 saturated carbocycles. The van der Waals surface area contributed by atoms with E-state index in [1.165, 1.54) is 48.4 Å². The summed E-state index contributed by atoms with van der Waals surface area (Å²) in [5.74, 6) is -4.90. The number of ether oxygens (including phenoxy) is 3. The van der Waals surface area contributed by atoms with Gasteiger partial charge in [0.05, 0.1) is 6.33 Å². The van der Waals surface area contributed by atoms with Crippen LogP contribution in [0.2, 0.25) is 0 Å². The summed E-state index contributed by atoms with van der Waals surface area (Å²) < 4.78 is 68.0. The highest BCUT2D eigenvalue weighted by Gasteiger charge is 2.54. The molecule has 3 fully saturated rings. The molecule has 7 amide bonds. The summed E-state index contributed by atoms with van der Waals surface area (Å²) in [5, 5.41) is 21.7. The zero-order valence-corrected chi connectivity index (χ0v) is 46.5. The van der Waals surface area contributed by atoms with Crippen molar-refractivity contribution in [2.45, 2.75) is 95.6 Å². The SMILES string of the molecule is CC(C)[C@H](NC(=O)CN1C(=O)C=CC1=O)C(=O)N[C@@H](C)C(=O)Nc1ccc(COC(=O)N(C)Cc2ccccc2C(=O)Nc2nc3c(ncn3[C@@H]3O[C@@H]4CO[P+](=O)O[C@H]5C[C@H](Oc6ccncn6)C[C@@H]5CO[P+](=O)O[C@@H]3[C@@H]4O)c(=O)[nH]2)cc1. The molecule has 2 aromatic carbocycles. The van der Waals surface area contributed by atoms with Gasteiger partial charge in [-0.25, -0.2) is 19.7 Å². The van der Waals surface area contributed by atoms with Gasteiger partial charge in [0, 0.05) is 70.7 Å². The van der Waals surface area contributed by atoms with Crippen molar-refractivity contribution in [3.8, 4) is 5.88 Å². The molecule has 3 aliphatic heterocycles. The van der Waals surface area contributed by atoms with Crippen LogP contribution in [0.25, 0.3) is 11.2 Å². The molecule has 0 spiro atoms. The summed E-state index contributed by atoms with van der Waals surface area (Å²) in [4.78, 5) is 124. The average Bonchev–Trinajstić information content (AvgIpc) is 2.81. The van der Waals surface area contributed by atoms with Crippen LogP contribution >= 0.6 is 16.5 Å². The van der Waals surface area contributed by atoms with E-state index in [4.69, 9.17) is 32.3 Å². The molecule has 4 aliphatic rings. The molecule has 0 radical (unpaired) electrons. The fourth-order valence-corrected chi connectivity index (χ4v) is 10.9. The lowest BCUT2D eigenvalue weighted by atomic mass is 10.0. The minimum absolute atomic E-state index is 0.0975. The van der Waals surface area contributed by atoms with Crippen molar-refractivity contribution in [1.29, 1.82) is 0 Å². The van der Waals surface area contributed by atoms with Gasteiger partial charge in [-0.05, 0) is 48.6 Å². The fraction of sp³-hybridized carbons (Fsp3) is 0.412. The Morgan fingerprint density at radius 2 is 1.61 bits per heavy atom. The van der Waals surface area contributed by atoms with Crippen LogP contribution in [0.1, 0.15) is 61.3 Å². The highest BCUT2D eigenvalue weighted by atomic mass is 31.1. The minimum atomic E-state index is -2.94. The Balaban J connectivity index is 0.777. The molecule has 83 heavy (non-hydrogen) atoms. The molecule has 2 unspecified atom stereocenters. The highest BCUT2D eigenvalue weighted by molar-refractivity contribution is 7.33. The zero-order chi connectivity index (χ0) is 59.1. The molecule has 6 N–H and O–H groups in total.